The maximum atomic E-state index is 13.5. The van der Waals surface area contributed by atoms with Crippen molar-refractivity contribution in [1.82, 2.24) is 9.88 Å². The number of anilines is 3. The third-order valence-electron chi connectivity index (χ3n) is 7.76. The van der Waals surface area contributed by atoms with Crippen molar-refractivity contribution in [1.29, 1.82) is 0 Å². The van der Waals surface area contributed by atoms with E-state index in [2.05, 4.69) is 34.6 Å². The molecule has 2 aromatic heterocycles. The minimum Gasteiger partial charge on any atom is -0.449 e. The van der Waals surface area contributed by atoms with Gasteiger partial charge < -0.3 is 24.7 Å². The molecule has 0 aliphatic heterocycles. The van der Waals surface area contributed by atoms with E-state index in [4.69, 9.17) is 20.8 Å². The third-order valence-corrected chi connectivity index (χ3v) is 7.98. The van der Waals surface area contributed by atoms with Crippen molar-refractivity contribution >= 4 is 57.7 Å². The molecule has 4 aromatic rings. The first-order chi connectivity index (χ1) is 20.7. The molecule has 0 atom stereocenters. The van der Waals surface area contributed by atoms with Crippen molar-refractivity contribution in [3.63, 3.8) is 0 Å². The molecule has 2 N–H and O–H groups in total. The molecule has 3 amide bonds. The normalized spacial score (nSPS) is 16.6. The van der Waals surface area contributed by atoms with Gasteiger partial charge in [0, 0.05) is 36.3 Å². The predicted molar refractivity (Wildman–Crippen MR) is 167 cm³/mol. The molecular weight excluding hydrogens is 570 g/mol. The molecule has 11 heteroatoms. The number of ether oxygens (including phenoxy) is 1. The van der Waals surface area contributed by atoms with E-state index in [-0.39, 0.29) is 35.7 Å². The van der Waals surface area contributed by atoms with E-state index in [0.29, 0.717) is 27.7 Å². The zero-order chi connectivity index (χ0) is 30.5. The molecular formula is C32H34ClN5O5. The second kappa shape index (κ2) is 13.3. The maximum absolute atomic E-state index is 13.5. The van der Waals surface area contributed by atoms with E-state index in [1.165, 1.54) is 11.1 Å². The first-order valence-electron chi connectivity index (χ1n) is 14.1. The Hall–Kier alpha value is -4.41. The fourth-order valence-electron chi connectivity index (χ4n) is 5.20. The van der Waals surface area contributed by atoms with Gasteiger partial charge in [-0.15, -0.1) is 0 Å². The Balaban J connectivity index is 1.41. The summed E-state index contributed by atoms with van der Waals surface area (Å²) in [5.41, 5.74) is 1.97. The van der Waals surface area contributed by atoms with Crippen LogP contribution in [0.2, 0.25) is 5.02 Å². The summed E-state index contributed by atoms with van der Waals surface area (Å²) in [6.45, 7) is 0.123. The number of hydrogen-bond donors (Lipinski definition) is 2. The topological polar surface area (TPSA) is 117 Å². The SMILES string of the molecule is CN(C(=O)OCc1ccccc1)c1ccc2oc(C(=O)Nc3ccc(Cl)cn3)c(NC(=O)C3CCC(N(C)C)CC3)c2c1. The minimum absolute atomic E-state index is 0.0754. The van der Waals surface area contributed by atoms with E-state index in [1.807, 2.05) is 30.3 Å². The van der Waals surface area contributed by atoms with Crippen LogP contribution in [0.15, 0.2) is 71.3 Å². The highest BCUT2D eigenvalue weighted by atomic mass is 35.5. The summed E-state index contributed by atoms with van der Waals surface area (Å²) in [6, 6.07) is 18.0. The van der Waals surface area contributed by atoms with Gasteiger partial charge in [-0.05, 0) is 75.7 Å². The van der Waals surface area contributed by atoms with Gasteiger partial charge in [0.25, 0.3) is 5.91 Å². The standard InChI is InChI=1S/C32H34ClN5O5/c1-37(2)23-12-9-21(10-13-23)30(39)36-28-25-17-24(38(3)32(41)42-19-20-7-5-4-6-8-20)14-15-26(25)43-29(28)31(40)35-27-16-11-22(33)18-34-27/h4-8,11,14-18,21,23H,9-10,12-13,19H2,1-3H3,(H,36,39)(H,34,35,40). The maximum Gasteiger partial charge on any atom is 0.414 e. The van der Waals surface area contributed by atoms with Crippen molar-refractivity contribution in [2.45, 2.75) is 38.3 Å². The number of rotatable bonds is 8. The van der Waals surface area contributed by atoms with Crippen LogP contribution in [0.1, 0.15) is 41.8 Å². The Kier molecular flexibility index (Phi) is 9.27. The number of nitrogens with zero attached hydrogens (tertiary/aromatic N) is 3. The van der Waals surface area contributed by atoms with Gasteiger partial charge >= 0.3 is 6.09 Å². The van der Waals surface area contributed by atoms with E-state index >= 15 is 0 Å². The first-order valence-corrected chi connectivity index (χ1v) is 14.5. The van der Waals surface area contributed by atoms with Crippen molar-refractivity contribution in [3.05, 3.63) is 83.2 Å². The Morgan fingerprint density at radius 2 is 1.72 bits per heavy atom. The van der Waals surface area contributed by atoms with Crippen LogP contribution in [0, 0.1) is 5.92 Å². The molecule has 2 aromatic carbocycles. The number of carbonyl (C=O) groups excluding carboxylic acids is 3. The van der Waals surface area contributed by atoms with Crippen LogP contribution in [-0.4, -0.2) is 55.0 Å². The van der Waals surface area contributed by atoms with Gasteiger partial charge in [-0.1, -0.05) is 41.9 Å². The van der Waals surface area contributed by atoms with Crippen LogP contribution in [-0.2, 0) is 16.1 Å². The Bertz CT molecular complexity index is 1600. The predicted octanol–water partition coefficient (Wildman–Crippen LogP) is 6.57. The summed E-state index contributed by atoms with van der Waals surface area (Å²) in [4.78, 5) is 47.4. The Morgan fingerprint density at radius 3 is 2.40 bits per heavy atom. The van der Waals surface area contributed by atoms with Crippen molar-refractivity contribution < 1.29 is 23.5 Å². The zero-order valence-corrected chi connectivity index (χ0v) is 25.1. The second-order valence-corrected chi connectivity index (χ2v) is 11.3. The smallest absolute Gasteiger partial charge is 0.414 e. The minimum atomic E-state index is -0.588. The monoisotopic (exact) mass is 603 g/mol. The molecule has 1 saturated carbocycles. The molecule has 0 saturated heterocycles. The number of hydrogen-bond acceptors (Lipinski definition) is 7. The number of pyridine rings is 1. The fourth-order valence-corrected chi connectivity index (χ4v) is 5.31. The first kappa shape index (κ1) is 30.1. The molecule has 5 rings (SSSR count). The number of halogens is 1. The zero-order valence-electron chi connectivity index (χ0n) is 24.3. The highest BCUT2D eigenvalue weighted by molar-refractivity contribution is 6.30. The lowest BCUT2D eigenvalue weighted by atomic mass is 9.85. The third kappa shape index (κ3) is 7.15. The number of carbonyl (C=O) groups is 3. The Morgan fingerprint density at radius 1 is 0.977 bits per heavy atom. The molecule has 224 valence electrons. The second-order valence-electron chi connectivity index (χ2n) is 10.9. The van der Waals surface area contributed by atoms with E-state index in [0.717, 1.165) is 31.2 Å². The van der Waals surface area contributed by atoms with Crippen LogP contribution < -0.4 is 15.5 Å². The van der Waals surface area contributed by atoms with Crippen molar-refractivity contribution in [2.24, 2.45) is 5.92 Å². The van der Waals surface area contributed by atoms with E-state index in [1.54, 1.807) is 37.4 Å². The van der Waals surface area contributed by atoms with Crippen LogP contribution in [0.25, 0.3) is 11.0 Å². The van der Waals surface area contributed by atoms with Gasteiger partial charge in [0.2, 0.25) is 11.7 Å². The van der Waals surface area contributed by atoms with Gasteiger partial charge in [-0.25, -0.2) is 9.78 Å². The number of amides is 3. The number of benzene rings is 2. The van der Waals surface area contributed by atoms with Gasteiger partial charge in [0.05, 0.1) is 5.02 Å². The number of aromatic nitrogens is 1. The lowest BCUT2D eigenvalue weighted by Crippen LogP contribution is -2.35. The summed E-state index contributed by atoms with van der Waals surface area (Å²) in [5, 5.41) is 6.59. The van der Waals surface area contributed by atoms with E-state index < -0.39 is 12.0 Å². The molecule has 1 fully saturated rings. The molecule has 2 heterocycles. The summed E-state index contributed by atoms with van der Waals surface area (Å²) in [5.74, 6) is -0.771. The molecule has 43 heavy (non-hydrogen) atoms. The van der Waals surface area contributed by atoms with E-state index in [9.17, 15) is 14.4 Å². The summed E-state index contributed by atoms with van der Waals surface area (Å²) >= 11 is 5.93. The van der Waals surface area contributed by atoms with Crippen molar-refractivity contribution in [2.75, 3.05) is 36.7 Å². The number of fused-ring (bicyclic) bond motifs is 1. The molecule has 0 unspecified atom stereocenters. The fraction of sp³-hybridized carbons (Fsp3) is 0.312. The average molecular weight is 604 g/mol. The van der Waals surface area contributed by atoms with Crippen molar-refractivity contribution in [3.8, 4) is 0 Å². The summed E-state index contributed by atoms with van der Waals surface area (Å²) in [7, 11) is 5.69. The summed E-state index contributed by atoms with van der Waals surface area (Å²) < 4.78 is 11.5. The molecule has 1 aliphatic rings. The number of furan rings is 1. The molecule has 1 aliphatic carbocycles. The lowest BCUT2D eigenvalue weighted by Gasteiger charge is -2.31. The largest absolute Gasteiger partial charge is 0.449 e. The van der Waals surface area contributed by atoms with Gasteiger partial charge in [0.1, 0.15) is 23.7 Å². The van der Waals surface area contributed by atoms with Crippen LogP contribution >= 0.6 is 11.6 Å². The Labute approximate surface area is 255 Å². The number of nitrogens with one attached hydrogen (secondary N) is 2. The quantitative estimate of drug-likeness (QED) is 0.234. The summed E-state index contributed by atoms with van der Waals surface area (Å²) in [6.07, 6.45) is 4.16. The molecule has 0 spiro atoms. The highest BCUT2D eigenvalue weighted by Gasteiger charge is 2.30. The highest BCUT2D eigenvalue weighted by Crippen LogP contribution is 2.36. The van der Waals surface area contributed by atoms with Crippen LogP contribution in [0.4, 0.5) is 22.0 Å². The lowest BCUT2D eigenvalue weighted by molar-refractivity contribution is -0.121. The molecule has 0 radical (unpaired) electrons. The van der Waals surface area contributed by atoms with Crippen LogP contribution in [0.3, 0.4) is 0 Å². The van der Waals surface area contributed by atoms with Crippen LogP contribution in [0.5, 0.6) is 0 Å². The molecule has 0 bridgehead atoms. The van der Waals surface area contributed by atoms with Gasteiger partial charge in [-0.3, -0.25) is 14.5 Å². The van der Waals surface area contributed by atoms with Gasteiger partial charge in [-0.2, -0.15) is 0 Å². The average Bonchev–Trinajstić information content (AvgIpc) is 3.38. The molecule has 10 nitrogen and oxygen atoms in total. The van der Waals surface area contributed by atoms with Gasteiger partial charge in [0.15, 0.2) is 0 Å².